The van der Waals surface area contributed by atoms with Gasteiger partial charge < -0.3 is 14.6 Å². The van der Waals surface area contributed by atoms with Gasteiger partial charge in [0.1, 0.15) is 11.5 Å². The standard InChI is InChI=1S/C24H27ClN4O2S/c1-17-13-21(7-8-22(17)25)31-20-5-3-18(4-6-20)16-32-24-26-14-19(23(30)27-24)15-29-11-9-28(2)10-12-29/h3-8,13-14H,9-12,15-16H2,1-2H3,(H,26,27,30). The van der Waals surface area contributed by atoms with Crippen molar-refractivity contribution in [3.8, 4) is 11.5 Å². The molecule has 1 N–H and O–H groups in total. The number of aryl methyl sites for hydroxylation is 1. The zero-order chi connectivity index (χ0) is 22.5. The fraction of sp³-hybridized carbons (Fsp3) is 0.333. The molecule has 0 bridgehead atoms. The van der Waals surface area contributed by atoms with Gasteiger partial charge in [-0.25, -0.2) is 4.98 Å². The highest BCUT2D eigenvalue weighted by Gasteiger charge is 2.15. The summed E-state index contributed by atoms with van der Waals surface area (Å²) in [6.07, 6.45) is 1.71. The Morgan fingerprint density at radius 1 is 1.09 bits per heavy atom. The number of hydrogen-bond acceptors (Lipinski definition) is 6. The van der Waals surface area contributed by atoms with E-state index in [-0.39, 0.29) is 5.56 Å². The molecule has 0 spiro atoms. The van der Waals surface area contributed by atoms with Crippen molar-refractivity contribution in [1.29, 1.82) is 0 Å². The second kappa shape index (κ2) is 10.5. The molecule has 3 aromatic rings. The monoisotopic (exact) mass is 470 g/mol. The molecule has 32 heavy (non-hydrogen) atoms. The fourth-order valence-corrected chi connectivity index (χ4v) is 4.37. The highest BCUT2D eigenvalue weighted by Crippen LogP contribution is 2.27. The molecular formula is C24H27ClN4O2S. The van der Waals surface area contributed by atoms with Crippen molar-refractivity contribution < 1.29 is 4.74 Å². The number of thioether (sulfide) groups is 1. The van der Waals surface area contributed by atoms with E-state index < -0.39 is 0 Å². The van der Waals surface area contributed by atoms with E-state index in [1.807, 2.05) is 49.4 Å². The van der Waals surface area contributed by atoms with Crippen LogP contribution in [0.25, 0.3) is 0 Å². The quantitative estimate of drug-likeness (QED) is 0.403. The van der Waals surface area contributed by atoms with Gasteiger partial charge in [0.15, 0.2) is 5.16 Å². The summed E-state index contributed by atoms with van der Waals surface area (Å²) in [6.45, 7) is 6.61. The van der Waals surface area contributed by atoms with Crippen LogP contribution in [0.5, 0.6) is 11.5 Å². The first kappa shape index (κ1) is 22.9. The minimum Gasteiger partial charge on any atom is -0.457 e. The lowest BCUT2D eigenvalue weighted by Gasteiger charge is -2.32. The van der Waals surface area contributed by atoms with Crippen LogP contribution in [0.1, 0.15) is 16.7 Å². The largest absolute Gasteiger partial charge is 0.457 e. The number of nitrogens with one attached hydrogen (secondary N) is 1. The number of rotatable bonds is 7. The van der Waals surface area contributed by atoms with E-state index in [1.54, 1.807) is 6.20 Å². The Bertz CT molecular complexity index is 1110. The number of hydrogen-bond donors (Lipinski definition) is 1. The van der Waals surface area contributed by atoms with E-state index in [2.05, 4.69) is 26.8 Å². The van der Waals surface area contributed by atoms with Crippen molar-refractivity contribution in [1.82, 2.24) is 19.8 Å². The van der Waals surface area contributed by atoms with Gasteiger partial charge in [-0.15, -0.1) is 0 Å². The number of aromatic nitrogens is 2. The van der Waals surface area contributed by atoms with E-state index in [1.165, 1.54) is 11.8 Å². The van der Waals surface area contributed by atoms with Gasteiger partial charge >= 0.3 is 0 Å². The first-order valence-electron chi connectivity index (χ1n) is 10.6. The summed E-state index contributed by atoms with van der Waals surface area (Å²) in [5.41, 5.74) is 2.77. The minimum atomic E-state index is -0.0524. The SMILES string of the molecule is Cc1cc(Oc2ccc(CSc3ncc(CN4CCN(C)CC4)c(=O)[nH]3)cc2)ccc1Cl. The predicted molar refractivity (Wildman–Crippen MR) is 130 cm³/mol. The molecule has 168 valence electrons. The second-order valence-electron chi connectivity index (χ2n) is 8.07. The van der Waals surface area contributed by atoms with Crippen LogP contribution in [0.3, 0.4) is 0 Å². The van der Waals surface area contributed by atoms with Crippen molar-refractivity contribution in [2.24, 2.45) is 0 Å². The average molecular weight is 471 g/mol. The number of H-pyrrole nitrogens is 1. The van der Waals surface area contributed by atoms with Gasteiger partial charge in [0.05, 0.1) is 0 Å². The van der Waals surface area contributed by atoms with Gasteiger partial charge in [-0.3, -0.25) is 9.69 Å². The number of aromatic amines is 1. The molecule has 1 aliphatic rings. The Kier molecular flexibility index (Phi) is 7.52. The third-order valence-corrected chi connectivity index (χ3v) is 6.89. The average Bonchev–Trinajstić information content (AvgIpc) is 2.79. The molecule has 0 atom stereocenters. The van der Waals surface area contributed by atoms with Crippen LogP contribution in [-0.2, 0) is 12.3 Å². The third kappa shape index (κ3) is 6.13. The molecule has 0 radical (unpaired) electrons. The van der Waals surface area contributed by atoms with Crippen molar-refractivity contribution in [2.45, 2.75) is 24.4 Å². The van der Waals surface area contributed by atoms with Crippen LogP contribution in [0, 0.1) is 6.92 Å². The van der Waals surface area contributed by atoms with Crippen LogP contribution in [0.15, 0.2) is 58.6 Å². The summed E-state index contributed by atoms with van der Waals surface area (Å²) in [5.74, 6) is 2.23. The Hall–Kier alpha value is -2.32. The maximum Gasteiger partial charge on any atom is 0.256 e. The molecule has 8 heteroatoms. The Balaban J connectivity index is 1.30. The zero-order valence-corrected chi connectivity index (χ0v) is 19.9. The molecule has 1 fully saturated rings. The third-order valence-electron chi connectivity index (χ3n) is 5.50. The van der Waals surface area contributed by atoms with Crippen molar-refractivity contribution >= 4 is 23.4 Å². The summed E-state index contributed by atoms with van der Waals surface area (Å²) in [6, 6.07) is 13.5. The van der Waals surface area contributed by atoms with Gasteiger partial charge in [-0.2, -0.15) is 0 Å². The second-order valence-corrected chi connectivity index (χ2v) is 9.44. The molecule has 2 heterocycles. The molecule has 1 aromatic heterocycles. The number of nitrogens with zero attached hydrogens (tertiary/aromatic N) is 3. The molecule has 0 aliphatic carbocycles. The van der Waals surface area contributed by atoms with Gasteiger partial charge in [0.25, 0.3) is 5.56 Å². The maximum atomic E-state index is 12.5. The number of likely N-dealkylation sites (N-methyl/N-ethyl adjacent to an activating group) is 1. The van der Waals surface area contributed by atoms with Crippen LogP contribution < -0.4 is 10.3 Å². The van der Waals surface area contributed by atoms with E-state index in [0.717, 1.165) is 59.4 Å². The summed E-state index contributed by atoms with van der Waals surface area (Å²) in [7, 11) is 2.12. The van der Waals surface area contributed by atoms with Crippen molar-refractivity contribution in [3.05, 3.63) is 80.7 Å². The van der Waals surface area contributed by atoms with Gasteiger partial charge in [-0.05, 0) is 55.4 Å². The topological polar surface area (TPSA) is 61.5 Å². The van der Waals surface area contributed by atoms with Crippen LogP contribution >= 0.6 is 23.4 Å². The summed E-state index contributed by atoms with van der Waals surface area (Å²) < 4.78 is 5.90. The number of ether oxygens (including phenoxy) is 1. The van der Waals surface area contributed by atoms with Gasteiger partial charge in [-0.1, -0.05) is 35.5 Å². The van der Waals surface area contributed by atoms with E-state index >= 15 is 0 Å². The Morgan fingerprint density at radius 3 is 2.50 bits per heavy atom. The lowest BCUT2D eigenvalue weighted by molar-refractivity contribution is 0.147. The summed E-state index contributed by atoms with van der Waals surface area (Å²) in [4.78, 5) is 24.5. The highest BCUT2D eigenvalue weighted by atomic mass is 35.5. The molecule has 4 rings (SSSR count). The van der Waals surface area contributed by atoms with E-state index in [0.29, 0.717) is 17.5 Å². The molecule has 2 aromatic carbocycles. The van der Waals surface area contributed by atoms with Crippen LogP contribution in [0.4, 0.5) is 0 Å². The Labute approximate surface area is 197 Å². The summed E-state index contributed by atoms with van der Waals surface area (Å²) >= 11 is 7.58. The first-order valence-corrected chi connectivity index (χ1v) is 12.0. The number of halogens is 1. The normalized spacial score (nSPS) is 15.1. The molecule has 0 amide bonds. The maximum absolute atomic E-state index is 12.5. The van der Waals surface area contributed by atoms with Crippen molar-refractivity contribution in [3.63, 3.8) is 0 Å². The lowest BCUT2D eigenvalue weighted by atomic mass is 10.2. The molecular weight excluding hydrogens is 444 g/mol. The smallest absolute Gasteiger partial charge is 0.256 e. The number of benzene rings is 2. The summed E-state index contributed by atoms with van der Waals surface area (Å²) in [5, 5.41) is 1.36. The van der Waals surface area contributed by atoms with Gasteiger partial charge in [0.2, 0.25) is 0 Å². The highest BCUT2D eigenvalue weighted by molar-refractivity contribution is 7.98. The zero-order valence-electron chi connectivity index (χ0n) is 18.3. The van der Waals surface area contributed by atoms with Crippen LogP contribution in [-0.4, -0.2) is 53.0 Å². The van der Waals surface area contributed by atoms with Crippen molar-refractivity contribution in [2.75, 3.05) is 33.2 Å². The molecule has 6 nitrogen and oxygen atoms in total. The number of piperazine rings is 1. The molecule has 1 saturated heterocycles. The van der Waals surface area contributed by atoms with Crippen LogP contribution in [0.2, 0.25) is 5.02 Å². The molecule has 0 unspecified atom stereocenters. The van der Waals surface area contributed by atoms with E-state index in [9.17, 15) is 4.79 Å². The fourth-order valence-electron chi connectivity index (χ4n) is 3.46. The Morgan fingerprint density at radius 2 is 1.81 bits per heavy atom. The predicted octanol–water partition coefficient (Wildman–Crippen LogP) is 4.56. The lowest BCUT2D eigenvalue weighted by Crippen LogP contribution is -2.44. The first-order chi connectivity index (χ1) is 15.5. The molecule has 1 aliphatic heterocycles. The minimum absolute atomic E-state index is 0.0524. The van der Waals surface area contributed by atoms with Gasteiger partial charge in [0, 0.05) is 55.3 Å². The van der Waals surface area contributed by atoms with E-state index in [4.69, 9.17) is 16.3 Å². The molecule has 0 saturated carbocycles.